The van der Waals surface area contributed by atoms with Gasteiger partial charge in [0.15, 0.2) is 0 Å². The van der Waals surface area contributed by atoms with Crippen molar-refractivity contribution in [3.63, 3.8) is 0 Å². The molecule has 0 aromatic carbocycles. The molecule has 0 aromatic rings. The SMILES string of the molecule is O=C(CCS(=O)(=O)N1CCOCC1)N1CC[C@@H](O)C1. The topological polar surface area (TPSA) is 87.2 Å². The third-order valence-electron chi connectivity index (χ3n) is 3.45. The molecule has 2 aliphatic rings. The molecule has 0 radical (unpaired) electrons. The fraction of sp³-hybridized carbons (Fsp3) is 0.909. The molecule has 2 fully saturated rings. The Morgan fingerprint density at radius 2 is 1.95 bits per heavy atom. The molecule has 2 heterocycles. The highest BCUT2D eigenvalue weighted by atomic mass is 32.2. The lowest BCUT2D eigenvalue weighted by atomic mass is 10.3. The molecule has 0 aromatic heterocycles. The molecule has 0 unspecified atom stereocenters. The molecular weight excluding hydrogens is 272 g/mol. The van der Waals surface area contributed by atoms with Gasteiger partial charge in [-0.25, -0.2) is 8.42 Å². The van der Waals surface area contributed by atoms with Crippen LogP contribution in [0.2, 0.25) is 0 Å². The number of aliphatic hydroxyl groups excluding tert-OH is 1. The summed E-state index contributed by atoms with van der Waals surface area (Å²) in [4.78, 5) is 13.4. The molecule has 2 aliphatic heterocycles. The maximum atomic E-state index is 12.0. The van der Waals surface area contributed by atoms with Crippen molar-refractivity contribution >= 4 is 15.9 Å². The molecule has 8 heteroatoms. The Balaban J connectivity index is 1.82. The maximum absolute atomic E-state index is 12.0. The first kappa shape index (κ1) is 14.7. The average molecular weight is 292 g/mol. The number of hydrogen-bond donors (Lipinski definition) is 1. The summed E-state index contributed by atoms with van der Waals surface area (Å²) in [5, 5.41) is 9.35. The van der Waals surface area contributed by atoms with Crippen molar-refractivity contribution in [3.8, 4) is 0 Å². The van der Waals surface area contributed by atoms with Crippen LogP contribution >= 0.6 is 0 Å². The van der Waals surface area contributed by atoms with E-state index in [0.717, 1.165) is 0 Å². The standard InChI is InChI=1S/C11H20N2O5S/c14-10-1-3-12(9-10)11(15)2-8-19(16,17)13-4-6-18-7-5-13/h10,14H,1-9H2/t10-/m1/s1. The number of likely N-dealkylation sites (tertiary alicyclic amines) is 1. The van der Waals surface area contributed by atoms with E-state index >= 15 is 0 Å². The van der Waals surface area contributed by atoms with E-state index < -0.39 is 16.1 Å². The Morgan fingerprint density at radius 1 is 1.26 bits per heavy atom. The minimum absolute atomic E-state index is 0.0214. The molecular formula is C11H20N2O5S. The molecule has 0 bridgehead atoms. The highest BCUT2D eigenvalue weighted by Gasteiger charge is 2.28. The number of β-amino-alcohol motifs (C(OH)–C–C–N with tert-alkyl or cyclic N) is 1. The van der Waals surface area contributed by atoms with Crippen LogP contribution in [-0.4, -0.2) is 79.9 Å². The molecule has 1 N–H and O–H groups in total. The molecule has 0 saturated carbocycles. The van der Waals surface area contributed by atoms with Gasteiger partial charge < -0.3 is 14.7 Å². The van der Waals surface area contributed by atoms with Gasteiger partial charge in [-0.3, -0.25) is 4.79 Å². The number of sulfonamides is 1. The fourth-order valence-corrected chi connectivity index (χ4v) is 3.69. The molecule has 19 heavy (non-hydrogen) atoms. The van der Waals surface area contributed by atoms with Crippen LogP contribution in [0.1, 0.15) is 12.8 Å². The number of carbonyl (C=O) groups is 1. The number of carbonyl (C=O) groups excluding carboxylic acids is 1. The maximum Gasteiger partial charge on any atom is 0.223 e. The summed E-state index contributed by atoms with van der Waals surface area (Å²) in [5.74, 6) is -0.369. The third kappa shape index (κ3) is 3.88. The smallest absolute Gasteiger partial charge is 0.223 e. The molecule has 0 spiro atoms. The summed E-state index contributed by atoms with van der Waals surface area (Å²) in [6, 6.07) is 0. The normalized spacial score (nSPS) is 25.7. The predicted octanol–water partition coefficient (Wildman–Crippen LogP) is -1.37. The van der Waals surface area contributed by atoms with E-state index in [9.17, 15) is 18.3 Å². The van der Waals surface area contributed by atoms with E-state index in [1.54, 1.807) is 0 Å². The van der Waals surface area contributed by atoms with Gasteiger partial charge in [0.25, 0.3) is 0 Å². The number of ether oxygens (including phenoxy) is 1. The number of rotatable bonds is 4. The Labute approximate surface area is 113 Å². The second-order valence-electron chi connectivity index (χ2n) is 4.86. The van der Waals surface area contributed by atoms with Gasteiger partial charge in [0.1, 0.15) is 0 Å². The fourth-order valence-electron chi connectivity index (χ4n) is 2.30. The van der Waals surface area contributed by atoms with Crippen LogP contribution in [0, 0.1) is 0 Å². The van der Waals surface area contributed by atoms with E-state index in [1.165, 1.54) is 9.21 Å². The van der Waals surface area contributed by atoms with Gasteiger partial charge in [-0.05, 0) is 6.42 Å². The first-order valence-corrected chi connectivity index (χ1v) is 8.11. The zero-order chi connectivity index (χ0) is 13.9. The van der Waals surface area contributed by atoms with Gasteiger partial charge in [0, 0.05) is 32.6 Å². The Kier molecular flexibility index (Phi) is 4.77. The molecule has 0 aliphatic carbocycles. The summed E-state index contributed by atoms with van der Waals surface area (Å²) >= 11 is 0. The van der Waals surface area contributed by atoms with Crippen LogP contribution in [0.25, 0.3) is 0 Å². The highest BCUT2D eigenvalue weighted by molar-refractivity contribution is 7.89. The minimum Gasteiger partial charge on any atom is -0.391 e. The van der Waals surface area contributed by atoms with Crippen LogP contribution < -0.4 is 0 Å². The minimum atomic E-state index is -3.38. The van der Waals surface area contributed by atoms with E-state index in [-0.39, 0.29) is 18.1 Å². The summed E-state index contributed by atoms with van der Waals surface area (Å²) in [6.07, 6.45) is 0.0776. The average Bonchev–Trinajstić information content (AvgIpc) is 2.84. The van der Waals surface area contributed by atoms with Crippen molar-refractivity contribution in [3.05, 3.63) is 0 Å². The number of amides is 1. The van der Waals surface area contributed by atoms with E-state index in [0.29, 0.717) is 45.8 Å². The molecule has 2 saturated heterocycles. The zero-order valence-electron chi connectivity index (χ0n) is 10.8. The third-order valence-corrected chi connectivity index (χ3v) is 5.33. The summed E-state index contributed by atoms with van der Waals surface area (Å²) in [5.41, 5.74) is 0. The van der Waals surface area contributed by atoms with Crippen LogP contribution in [0.15, 0.2) is 0 Å². The summed E-state index contributed by atoms with van der Waals surface area (Å²) in [7, 11) is -3.38. The lowest BCUT2D eigenvalue weighted by Crippen LogP contribution is -2.42. The van der Waals surface area contributed by atoms with Crippen LogP contribution in [-0.2, 0) is 19.6 Å². The van der Waals surface area contributed by atoms with Crippen molar-refractivity contribution in [1.29, 1.82) is 0 Å². The number of aliphatic hydroxyl groups is 1. The van der Waals surface area contributed by atoms with Gasteiger partial charge in [-0.1, -0.05) is 0 Å². The van der Waals surface area contributed by atoms with Crippen LogP contribution in [0.5, 0.6) is 0 Å². The van der Waals surface area contributed by atoms with Crippen molar-refractivity contribution in [2.75, 3.05) is 45.1 Å². The molecule has 2 rings (SSSR count). The number of hydrogen-bond acceptors (Lipinski definition) is 5. The van der Waals surface area contributed by atoms with E-state index in [2.05, 4.69) is 0 Å². The molecule has 1 atom stereocenters. The highest BCUT2D eigenvalue weighted by Crippen LogP contribution is 2.12. The van der Waals surface area contributed by atoms with Crippen molar-refractivity contribution in [2.45, 2.75) is 18.9 Å². The van der Waals surface area contributed by atoms with Crippen molar-refractivity contribution < 1.29 is 23.1 Å². The van der Waals surface area contributed by atoms with Gasteiger partial charge in [-0.15, -0.1) is 0 Å². The van der Waals surface area contributed by atoms with E-state index in [4.69, 9.17) is 4.74 Å². The van der Waals surface area contributed by atoms with Gasteiger partial charge in [-0.2, -0.15) is 4.31 Å². The quantitative estimate of drug-likeness (QED) is 0.691. The summed E-state index contributed by atoms with van der Waals surface area (Å²) < 4.78 is 30.5. The lowest BCUT2D eigenvalue weighted by molar-refractivity contribution is -0.130. The Morgan fingerprint density at radius 3 is 2.53 bits per heavy atom. The van der Waals surface area contributed by atoms with Crippen molar-refractivity contribution in [1.82, 2.24) is 9.21 Å². The Bertz CT molecular complexity index is 419. The first-order valence-electron chi connectivity index (χ1n) is 6.50. The van der Waals surface area contributed by atoms with Gasteiger partial charge >= 0.3 is 0 Å². The zero-order valence-corrected chi connectivity index (χ0v) is 11.6. The van der Waals surface area contributed by atoms with Crippen molar-refractivity contribution in [2.24, 2.45) is 0 Å². The monoisotopic (exact) mass is 292 g/mol. The van der Waals surface area contributed by atoms with Gasteiger partial charge in [0.2, 0.25) is 15.9 Å². The first-order chi connectivity index (χ1) is 8.99. The molecule has 1 amide bonds. The van der Waals surface area contributed by atoms with Gasteiger partial charge in [0.05, 0.1) is 25.1 Å². The van der Waals surface area contributed by atoms with Crippen LogP contribution in [0.4, 0.5) is 0 Å². The largest absolute Gasteiger partial charge is 0.391 e. The van der Waals surface area contributed by atoms with E-state index in [1.807, 2.05) is 0 Å². The summed E-state index contributed by atoms with van der Waals surface area (Å²) in [6.45, 7) is 2.36. The molecule has 110 valence electrons. The second kappa shape index (κ2) is 6.17. The Hall–Kier alpha value is -0.700. The predicted molar refractivity (Wildman–Crippen MR) is 68.0 cm³/mol. The second-order valence-corrected chi connectivity index (χ2v) is 6.95. The number of nitrogens with zero attached hydrogens (tertiary/aromatic N) is 2. The lowest BCUT2D eigenvalue weighted by Gasteiger charge is -2.26. The number of morpholine rings is 1. The molecule has 7 nitrogen and oxygen atoms in total. The van der Waals surface area contributed by atoms with Crippen LogP contribution in [0.3, 0.4) is 0 Å².